The molecule has 0 spiro atoms. The van der Waals surface area contributed by atoms with Crippen LogP contribution < -0.4 is 5.48 Å². The molecule has 0 aliphatic heterocycles. The molecular weight excluding hydrogens is 152 g/mol. The van der Waals surface area contributed by atoms with Crippen LogP contribution in [0.4, 0.5) is 5.82 Å². The maximum Gasteiger partial charge on any atom is 0.152 e. The molecule has 10 heavy (non-hydrogen) atoms. The van der Waals surface area contributed by atoms with Crippen molar-refractivity contribution in [3.8, 4) is 0 Å². The highest BCUT2D eigenvalue weighted by atomic mass is 35.5. The van der Waals surface area contributed by atoms with Crippen molar-refractivity contribution in [2.75, 3.05) is 5.48 Å². The lowest BCUT2D eigenvalue weighted by Crippen LogP contribution is -1.94. The summed E-state index contributed by atoms with van der Waals surface area (Å²) >= 11 is 0. The highest BCUT2D eigenvalue weighted by Crippen LogP contribution is 2.06. The summed E-state index contributed by atoms with van der Waals surface area (Å²) in [5.41, 5.74) is 2.91. The van der Waals surface area contributed by atoms with E-state index in [0.29, 0.717) is 5.82 Å². The molecule has 0 fully saturated rings. The average molecular weight is 161 g/mol. The van der Waals surface area contributed by atoms with Gasteiger partial charge < -0.3 is 0 Å². The van der Waals surface area contributed by atoms with Gasteiger partial charge in [0, 0.05) is 6.20 Å². The van der Waals surface area contributed by atoms with Gasteiger partial charge in [-0.3, -0.25) is 10.7 Å². The third-order valence-corrected chi connectivity index (χ3v) is 1.12. The van der Waals surface area contributed by atoms with Crippen molar-refractivity contribution < 1.29 is 5.21 Å². The first kappa shape index (κ1) is 9.20. The standard InChI is InChI=1S/C6H8N2O.ClH/c1-5-3-2-4-7-6(5)8-9;/h2-4,9H,1H3,(H,7,8);1H. The Morgan fingerprint density at radius 3 is 2.70 bits per heavy atom. The minimum Gasteiger partial charge on any atom is -0.290 e. The van der Waals surface area contributed by atoms with E-state index < -0.39 is 0 Å². The normalized spacial score (nSPS) is 8.20. The van der Waals surface area contributed by atoms with Crippen LogP contribution in [0.5, 0.6) is 0 Å². The molecule has 1 rings (SSSR count). The van der Waals surface area contributed by atoms with Gasteiger partial charge in [-0.25, -0.2) is 4.98 Å². The molecule has 3 nitrogen and oxygen atoms in total. The molecule has 1 aromatic rings. The lowest BCUT2D eigenvalue weighted by molar-refractivity contribution is 0.385. The van der Waals surface area contributed by atoms with E-state index in [4.69, 9.17) is 5.21 Å². The molecule has 2 N–H and O–H groups in total. The molecule has 0 unspecified atom stereocenters. The molecule has 56 valence electrons. The Balaban J connectivity index is 0.000000810. The van der Waals surface area contributed by atoms with Crippen LogP contribution in [-0.2, 0) is 0 Å². The molecule has 0 amide bonds. The monoisotopic (exact) mass is 160 g/mol. The molecule has 0 atom stereocenters. The summed E-state index contributed by atoms with van der Waals surface area (Å²) in [6.45, 7) is 1.87. The van der Waals surface area contributed by atoms with E-state index in [9.17, 15) is 0 Å². The Morgan fingerprint density at radius 1 is 1.60 bits per heavy atom. The van der Waals surface area contributed by atoms with Crippen molar-refractivity contribution in [2.45, 2.75) is 6.92 Å². The quantitative estimate of drug-likeness (QED) is 0.614. The molecule has 0 aliphatic rings. The number of aromatic nitrogens is 1. The Bertz CT molecular complexity index is 205. The zero-order valence-electron chi connectivity index (χ0n) is 5.53. The third kappa shape index (κ3) is 1.86. The fourth-order valence-electron chi connectivity index (χ4n) is 0.603. The van der Waals surface area contributed by atoms with Gasteiger partial charge in [-0.15, -0.1) is 12.4 Å². The molecule has 0 radical (unpaired) electrons. The Hall–Kier alpha value is -0.800. The first-order valence-electron chi connectivity index (χ1n) is 2.66. The Morgan fingerprint density at radius 2 is 2.30 bits per heavy atom. The van der Waals surface area contributed by atoms with Gasteiger partial charge in [0.2, 0.25) is 0 Å². The molecule has 0 saturated heterocycles. The van der Waals surface area contributed by atoms with Gasteiger partial charge in [-0.05, 0) is 18.6 Å². The van der Waals surface area contributed by atoms with Crippen molar-refractivity contribution in [1.82, 2.24) is 4.98 Å². The summed E-state index contributed by atoms with van der Waals surface area (Å²) in [5, 5.41) is 8.41. The summed E-state index contributed by atoms with van der Waals surface area (Å²) < 4.78 is 0. The zero-order valence-corrected chi connectivity index (χ0v) is 6.35. The lowest BCUT2D eigenvalue weighted by Gasteiger charge is -1.98. The number of nitrogens with one attached hydrogen (secondary N) is 1. The third-order valence-electron chi connectivity index (χ3n) is 1.12. The van der Waals surface area contributed by atoms with E-state index in [2.05, 4.69) is 4.98 Å². The number of rotatable bonds is 1. The number of nitrogens with zero attached hydrogens (tertiary/aromatic N) is 1. The van der Waals surface area contributed by atoms with Crippen LogP contribution in [0.3, 0.4) is 0 Å². The predicted octanol–water partition coefficient (Wildman–Crippen LogP) is 1.61. The lowest BCUT2D eigenvalue weighted by atomic mass is 10.3. The summed E-state index contributed by atoms with van der Waals surface area (Å²) in [5.74, 6) is 0.512. The first-order valence-corrected chi connectivity index (χ1v) is 2.66. The highest BCUT2D eigenvalue weighted by Gasteiger charge is 1.91. The van der Waals surface area contributed by atoms with E-state index in [0.717, 1.165) is 5.56 Å². The molecule has 0 aromatic carbocycles. The maximum absolute atomic E-state index is 8.41. The second-order valence-electron chi connectivity index (χ2n) is 1.78. The zero-order chi connectivity index (χ0) is 6.69. The van der Waals surface area contributed by atoms with E-state index in [1.54, 1.807) is 6.20 Å². The van der Waals surface area contributed by atoms with Crippen molar-refractivity contribution >= 4 is 18.2 Å². The van der Waals surface area contributed by atoms with Crippen LogP contribution in [0.1, 0.15) is 5.56 Å². The minimum absolute atomic E-state index is 0. The molecule has 0 saturated carbocycles. The maximum atomic E-state index is 8.41. The number of halogens is 1. The van der Waals surface area contributed by atoms with Gasteiger partial charge in [-0.1, -0.05) is 6.07 Å². The van der Waals surface area contributed by atoms with Crippen LogP contribution in [0.2, 0.25) is 0 Å². The van der Waals surface area contributed by atoms with Crippen LogP contribution in [0, 0.1) is 6.92 Å². The van der Waals surface area contributed by atoms with Gasteiger partial charge in [0.25, 0.3) is 0 Å². The highest BCUT2D eigenvalue weighted by molar-refractivity contribution is 5.85. The van der Waals surface area contributed by atoms with Crippen LogP contribution in [0.25, 0.3) is 0 Å². The Labute approximate surface area is 65.5 Å². The van der Waals surface area contributed by atoms with Gasteiger partial charge >= 0.3 is 0 Å². The smallest absolute Gasteiger partial charge is 0.152 e. The van der Waals surface area contributed by atoms with E-state index in [1.165, 1.54) is 0 Å². The van der Waals surface area contributed by atoms with Gasteiger partial charge in [0.1, 0.15) is 0 Å². The summed E-state index contributed by atoms with van der Waals surface area (Å²) in [7, 11) is 0. The second-order valence-corrected chi connectivity index (χ2v) is 1.78. The topological polar surface area (TPSA) is 45.2 Å². The largest absolute Gasteiger partial charge is 0.290 e. The summed E-state index contributed by atoms with van der Waals surface area (Å²) in [4.78, 5) is 3.84. The average Bonchev–Trinajstić information content (AvgIpc) is 1.89. The number of aryl methyl sites for hydroxylation is 1. The summed E-state index contributed by atoms with van der Waals surface area (Å²) in [6.07, 6.45) is 1.62. The Kier molecular flexibility index (Phi) is 3.76. The molecule has 1 aromatic heterocycles. The number of anilines is 1. The van der Waals surface area contributed by atoms with E-state index in [1.807, 2.05) is 24.5 Å². The van der Waals surface area contributed by atoms with Crippen molar-refractivity contribution in [3.05, 3.63) is 23.9 Å². The second kappa shape index (κ2) is 4.09. The molecule has 0 aliphatic carbocycles. The minimum atomic E-state index is 0. The van der Waals surface area contributed by atoms with Crippen molar-refractivity contribution in [2.24, 2.45) is 0 Å². The van der Waals surface area contributed by atoms with Crippen LogP contribution in [0.15, 0.2) is 18.3 Å². The number of hydrogen-bond donors (Lipinski definition) is 2. The van der Waals surface area contributed by atoms with Crippen molar-refractivity contribution in [1.29, 1.82) is 0 Å². The summed E-state index contributed by atoms with van der Waals surface area (Å²) in [6, 6.07) is 3.68. The van der Waals surface area contributed by atoms with Crippen LogP contribution >= 0.6 is 12.4 Å². The van der Waals surface area contributed by atoms with Gasteiger partial charge in [0.15, 0.2) is 5.82 Å². The predicted molar refractivity (Wildman–Crippen MR) is 41.6 cm³/mol. The number of hydrogen-bond acceptors (Lipinski definition) is 3. The van der Waals surface area contributed by atoms with E-state index >= 15 is 0 Å². The van der Waals surface area contributed by atoms with Gasteiger partial charge in [-0.2, -0.15) is 0 Å². The van der Waals surface area contributed by atoms with Crippen molar-refractivity contribution in [3.63, 3.8) is 0 Å². The molecule has 1 heterocycles. The molecule has 4 heteroatoms. The first-order chi connectivity index (χ1) is 4.34. The van der Waals surface area contributed by atoms with Gasteiger partial charge in [0.05, 0.1) is 0 Å². The fourth-order valence-corrected chi connectivity index (χ4v) is 0.603. The SMILES string of the molecule is Cc1cccnc1NO.Cl. The van der Waals surface area contributed by atoms with E-state index in [-0.39, 0.29) is 12.4 Å². The fraction of sp³-hybridized carbons (Fsp3) is 0.167. The van der Waals surface area contributed by atoms with Crippen LogP contribution in [-0.4, -0.2) is 10.2 Å². The number of pyridine rings is 1. The molecule has 0 bridgehead atoms. The molecular formula is C6H9ClN2O.